The number of hydrogen-bond donors (Lipinski definition) is 1. The lowest BCUT2D eigenvalue weighted by Gasteiger charge is -2.37. The Hall–Kier alpha value is -2.20. The standard InChI is InChI=1S/C18H22N2O2/c1-5-6-15(11-19-4)14-7-8-17-16(10-14)9-12(2)18(22)20(17)13(3)21/h5-8,10-12,18,22H,1,9H2,2-4H3/b15-6+,19-11?/t12-,18+/m1/s1. The molecule has 1 aliphatic heterocycles. The molecule has 0 unspecified atom stereocenters. The fourth-order valence-corrected chi connectivity index (χ4v) is 2.85. The van der Waals surface area contributed by atoms with E-state index in [2.05, 4.69) is 17.6 Å². The smallest absolute Gasteiger partial charge is 0.225 e. The zero-order valence-corrected chi connectivity index (χ0v) is 13.3. The fourth-order valence-electron chi connectivity index (χ4n) is 2.85. The molecule has 2 rings (SSSR count). The first-order valence-electron chi connectivity index (χ1n) is 7.35. The van der Waals surface area contributed by atoms with E-state index in [1.165, 1.54) is 11.8 Å². The Morgan fingerprint density at radius 1 is 1.50 bits per heavy atom. The third-order valence-corrected chi connectivity index (χ3v) is 3.89. The number of hydrogen-bond acceptors (Lipinski definition) is 3. The van der Waals surface area contributed by atoms with Gasteiger partial charge in [0.25, 0.3) is 0 Å². The summed E-state index contributed by atoms with van der Waals surface area (Å²) >= 11 is 0. The molecule has 1 aromatic carbocycles. The largest absolute Gasteiger partial charge is 0.373 e. The molecular formula is C18H22N2O2. The van der Waals surface area contributed by atoms with E-state index < -0.39 is 6.23 Å². The van der Waals surface area contributed by atoms with E-state index >= 15 is 0 Å². The maximum Gasteiger partial charge on any atom is 0.225 e. The third kappa shape index (κ3) is 3.02. The van der Waals surface area contributed by atoms with E-state index in [9.17, 15) is 9.90 Å². The van der Waals surface area contributed by atoms with E-state index in [0.717, 1.165) is 28.8 Å². The van der Waals surface area contributed by atoms with E-state index in [-0.39, 0.29) is 11.8 Å². The molecule has 1 aliphatic rings. The Morgan fingerprint density at radius 3 is 2.82 bits per heavy atom. The number of aliphatic hydroxyl groups excluding tert-OH is 1. The maximum absolute atomic E-state index is 11.9. The number of carbonyl (C=O) groups is 1. The molecule has 116 valence electrons. The van der Waals surface area contributed by atoms with Crippen molar-refractivity contribution in [1.29, 1.82) is 0 Å². The first-order valence-corrected chi connectivity index (χ1v) is 7.35. The predicted molar refractivity (Wildman–Crippen MR) is 91.1 cm³/mol. The Labute approximate surface area is 131 Å². The minimum Gasteiger partial charge on any atom is -0.373 e. The van der Waals surface area contributed by atoms with Crippen LogP contribution in [-0.4, -0.2) is 30.5 Å². The van der Waals surface area contributed by atoms with Gasteiger partial charge in [-0.3, -0.25) is 14.7 Å². The second kappa shape index (κ2) is 6.71. The minimum atomic E-state index is -0.767. The summed E-state index contributed by atoms with van der Waals surface area (Å²) in [6, 6.07) is 5.89. The maximum atomic E-state index is 11.9. The molecule has 0 fully saturated rings. The van der Waals surface area contributed by atoms with Crippen LogP contribution in [-0.2, 0) is 11.2 Å². The average molecular weight is 298 g/mol. The highest BCUT2D eigenvalue weighted by molar-refractivity contribution is 6.10. The van der Waals surface area contributed by atoms with Crippen molar-refractivity contribution in [3.63, 3.8) is 0 Å². The first kappa shape index (κ1) is 16.2. The van der Waals surface area contributed by atoms with Gasteiger partial charge in [-0.2, -0.15) is 0 Å². The van der Waals surface area contributed by atoms with E-state index in [1.54, 1.807) is 19.3 Å². The van der Waals surface area contributed by atoms with E-state index in [4.69, 9.17) is 0 Å². The van der Waals surface area contributed by atoms with Gasteiger partial charge in [0.05, 0.1) is 0 Å². The Morgan fingerprint density at radius 2 is 2.23 bits per heavy atom. The Balaban J connectivity index is 2.51. The van der Waals surface area contributed by atoms with Gasteiger partial charge in [0.2, 0.25) is 5.91 Å². The van der Waals surface area contributed by atoms with Crippen molar-refractivity contribution in [3.05, 3.63) is 48.1 Å². The summed E-state index contributed by atoms with van der Waals surface area (Å²) in [6.45, 7) is 7.16. The van der Waals surface area contributed by atoms with Crippen molar-refractivity contribution in [3.8, 4) is 0 Å². The SMILES string of the molecule is C=C/C=C(\C=NC)c1ccc2c(c1)C[C@@H](C)[C@H](O)N2C(C)=O. The highest BCUT2D eigenvalue weighted by atomic mass is 16.3. The molecule has 22 heavy (non-hydrogen) atoms. The summed E-state index contributed by atoms with van der Waals surface area (Å²) in [5.74, 6) is -0.150. The van der Waals surface area contributed by atoms with Crippen LogP contribution in [0, 0.1) is 5.92 Å². The van der Waals surface area contributed by atoms with Crippen LogP contribution < -0.4 is 4.90 Å². The highest BCUT2D eigenvalue weighted by Gasteiger charge is 2.32. The number of allylic oxidation sites excluding steroid dienone is 3. The van der Waals surface area contributed by atoms with Crippen molar-refractivity contribution in [2.45, 2.75) is 26.5 Å². The second-order valence-electron chi connectivity index (χ2n) is 5.57. The number of anilines is 1. The van der Waals surface area contributed by atoms with E-state index in [0.29, 0.717) is 0 Å². The van der Waals surface area contributed by atoms with Gasteiger partial charge in [-0.1, -0.05) is 31.7 Å². The lowest BCUT2D eigenvalue weighted by Crippen LogP contribution is -2.47. The third-order valence-electron chi connectivity index (χ3n) is 3.89. The lowest BCUT2D eigenvalue weighted by atomic mass is 9.89. The van der Waals surface area contributed by atoms with Crippen molar-refractivity contribution >= 4 is 23.4 Å². The molecule has 1 heterocycles. The molecule has 0 spiro atoms. The van der Waals surface area contributed by atoms with Crippen molar-refractivity contribution < 1.29 is 9.90 Å². The molecular weight excluding hydrogens is 276 g/mol. The van der Waals surface area contributed by atoms with Gasteiger partial charge in [0.15, 0.2) is 0 Å². The number of amides is 1. The summed E-state index contributed by atoms with van der Waals surface area (Å²) in [5, 5.41) is 10.3. The zero-order chi connectivity index (χ0) is 16.3. The van der Waals surface area contributed by atoms with Crippen LogP contribution in [0.1, 0.15) is 25.0 Å². The van der Waals surface area contributed by atoms with Crippen LogP contribution in [0.25, 0.3) is 5.57 Å². The molecule has 0 saturated heterocycles. The van der Waals surface area contributed by atoms with Gasteiger partial charge in [-0.05, 0) is 35.3 Å². The number of rotatable bonds is 3. The second-order valence-corrected chi connectivity index (χ2v) is 5.57. The van der Waals surface area contributed by atoms with Gasteiger partial charge < -0.3 is 5.11 Å². The van der Waals surface area contributed by atoms with Gasteiger partial charge in [0.1, 0.15) is 6.23 Å². The molecule has 1 aromatic rings. The van der Waals surface area contributed by atoms with Crippen LogP contribution in [0.4, 0.5) is 5.69 Å². The molecule has 0 radical (unpaired) electrons. The molecule has 1 amide bonds. The van der Waals surface area contributed by atoms with Crippen molar-refractivity contribution in [2.75, 3.05) is 11.9 Å². The summed E-state index contributed by atoms with van der Waals surface area (Å²) in [7, 11) is 1.73. The van der Waals surface area contributed by atoms with Crippen LogP contribution in [0.15, 0.2) is 41.9 Å². The summed E-state index contributed by atoms with van der Waals surface area (Å²) in [5.41, 5.74) is 3.84. The predicted octanol–water partition coefficient (Wildman–Crippen LogP) is 2.82. The number of aliphatic imine (C=N–C) groups is 1. The van der Waals surface area contributed by atoms with Crippen LogP contribution >= 0.6 is 0 Å². The highest BCUT2D eigenvalue weighted by Crippen LogP contribution is 2.34. The Kier molecular flexibility index (Phi) is 4.93. The number of fused-ring (bicyclic) bond motifs is 1. The molecule has 0 saturated carbocycles. The molecule has 0 aromatic heterocycles. The van der Waals surface area contributed by atoms with Gasteiger partial charge in [-0.15, -0.1) is 0 Å². The summed E-state index contributed by atoms with van der Waals surface area (Å²) < 4.78 is 0. The molecule has 1 N–H and O–H groups in total. The quantitative estimate of drug-likeness (QED) is 0.689. The van der Waals surface area contributed by atoms with Crippen molar-refractivity contribution in [2.24, 2.45) is 10.9 Å². The topological polar surface area (TPSA) is 52.9 Å². The van der Waals surface area contributed by atoms with Crippen LogP contribution in [0.5, 0.6) is 0 Å². The fraction of sp³-hybridized carbons (Fsp3) is 0.333. The van der Waals surface area contributed by atoms with Crippen LogP contribution in [0.2, 0.25) is 0 Å². The Bertz CT molecular complexity index is 646. The average Bonchev–Trinajstić information content (AvgIpc) is 2.47. The molecule has 4 nitrogen and oxygen atoms in total. The number of carbonyl (C=O) groups excluding carboxylic acids is 1. The first-order chi connectivity index (χ1) is 10.5. The monoisotopic (exact) mass is 298 g/mol. The zero-order valence-electron chi connectivity index (χ0n) is 13.3. The number of nitrogens with zero attached hydrogens (tertiary/aromatic N) is 2. The molecule has 4 heteroatoms. The number of benzene rings is 1. The molecule has 0 aliphatic carbocycles. The summed E-state index contributed by atoms with van der Waals surface area (Å²) in [4.78, 5) is 17.4. The lowest BCUT2D eigenvalue weighted by molar-refractivity contribution is -0.119. The van der Waals surface area contributed by atoms with Crippen LogP contribution in [0.3, 0.4) is 0 Å². The molecule has 2 atom stereocenters. The van der Waals surface area contributed by atoms with Gasteiger partial charge >= 0.3 is 0 Å². The van der Waals surface area contributed by atoms with Crippen molar-refractivity contribution in [1.82, 2.24) is 0 Å². The minimum absolute atomic E-state index is 0.00155. The summed E-state index contributed by atoms with van der Waals surface area (Å²) in [6.07, 6.45) is 5.38. The van der Waals surface area contributed by atoms with Gasteiger partial charge in [0, 0.05) is 31.8 Å². The van der Waals surface area contributed by atoms with E-state index in [1.807, 2.05) is 25.1 Å². The number of aliphatic hydroxyl groups is 1. The van der Waals surface area contributed by atoms with Gasteiger partial charge in [-0.25, -0.2) is 0 Å². The normalized spacial score (nSPS) is 21.8. The molecule has 0 bridgehead atoms.